The summed E-state index contributed by atoms with van der Waals surface area (Å²) in [6, 6.07) is 3.93. The zero-order chi connectivity index (χ0) is 21.2. The van der Waals surface area contributed by atoms with Crippen LogP contribution in [0, 0.1) is 0 Å². The Morgan fingerprint density at radius 1 is 0.966 bits per heavy atom. The molecule has 3 rings (SSSR count). The summed E-state index contributed by atoms with van der Waals surface area (Å²) in [5, 5.41) is 0.667. The molecule has 2 aliphatic heterocycles. The topological polar surface area (TPSA) is 43.9 Å². The van der Waals surface area contributed by atoms with Gasteiger partial charge in [0.15, 0.2) is 0 Å². The fourth-order valence-electron chi connectivity index (χ4n) is 3.92. The number of carbonyl (C=O) groups is 2. The Hall–Kier alpha value is -1.51. The van der Waals surface area contributed by atoms with Gasteiger partial charge in [-0.25, -0.2) is 0 Å². The first-order chi connectivity index (χ1) is 13.6. The fourth-order valence-corrected chi connectivity index (χ4v) is 4.45. The second-order valence-electron chi connectivity index (χ2n) is 7.38. The van der Waals surface area contributed by atoms with Crippen LogP contribution in [0.1, 0.15) is 29.6 Å². The summed E-state index contributed by atoms with van der Waals surface area (Å²) in [4.78, 5) is 30.4. The van der Waals surface area contributed by atoms with Crippen molar-refractivity contribution in [1.82, 2.24) is 14.7 Å². The van der Waals surface area contributed by atoms with Crippen LogP contribution in [0.3, 0.4) is 0 Å². The molecule has 0 spiro atoms. The highest BCUT2D eigenvalue weighted by atomic mass is 35.5. The highest BCUT2D eigenvalue weighted by molar-refractivity contribution is 6.35. The molecule has 0 aliphatic carbocycles. The third-order valence-electron chi connectivity index (χ3n) is 5.21. The molecule has 160 valence electrons. The van der Waals surface area contributed by atoms with Crippen LogP contribution in [-0.2, 0) is 4.79 Å². The number of carbonyl (C=O) groups excluding carboxylic acids is 2. The lowest BCUT2D eigenvalue weighted by Gasteiger charge is -2.30. The van der Waals surface area contributed by atoms with Gasteiger partial charge in [0.25, 0.3) is 5.91 Å². The van der Waals surface area contributed by atoms with Gasteiger partial charge in [0.05, 0.1) is 6.54 Å². The number of halogens is 5. The number of amides is 2. The molecular formula is C19H22Cl2F3N3O2. The maximum atomic E-state index is 13.1. The zero-order valence-corrected chi connectivity index (χ0v) is 17.2. The summed E-state index contributed by atoms with van der Waals surface area (Å²) >= 11 is 12.0. The smallest absolute Gasteiger partial charge is 0.340 e. The molecule has 0 saturated carbocycles. The van der Waals surface area contributed by atoms with Crippen molar-refractivity contribution in [3.05, 3.63) is 33.8 Å². The molecule has 0 radical (unpaired) electrons. The predicted molar refractivity (Wildman–Crippen MR) is 104 cm³/mol. The van der Waals surface area contributed by atoms with Crippen LogP contribution < -0.4 is 0 Å². The largest absolute Gasteiger partial charge is 0.401 e. The van der Waals surface area contributed by atoms with Crippen molar-refractivity contribution in [2.45, 2.75) is 31.5 Å². The summed E-state index contributed by atoms with van der Waals surface area (Å²) in [5.74, 6) is -0.531. The molecule has 1 unspecified atom stereocenters. The average molecular weight is 452 g/mol. The third kappa shape index (κ3) is 5.77. The molecule has 5 nitrogen and oxygen atoms in total. The van der Waals surface area contributed by atoms with Crippen LogP contribution >= 0.6 is 23.2 Å². The van der Waals surface area contributed by atoms with E-state index in [9.17, 15) is 22.8 Å². The molecule has 1 aromatic carbocycles. The van der Waals surface area contributed by atoms with Gasteiger partial charge >= 0.3 is 6.18 Å². The van der Waals surface area contributed by atoms with Crippen molar-refractivity contribution in [1.29, 1.82) is 0 Å². The van der Waals surface area contributed by atoms with Crippen LogP contribution in [0.4, 0.5) is 13.2 Å². The molecule has 2 heterocycles. The van der Waals surface area contributed by atoms with Gasteiger partial charge in [0, 0.05) is 48.3 Å². The fraction of sp³-hybridized carbons (Fsp3) is 0.579. The minimum absolute atomic E-state index is 0.163. The van der Waals surface area contributed by atoms with Gasteiger partial charge in [0.2, 0.25) is 5.91 Å². The second kappa shape index (κ2) is 9.10. The highest BCUT2D eigenvalue weighted by Gasteiger charge is 2.38. The molecule has 0 bridgehead atoms. The second-order valence-corrected chi connectivity index (χ2v) is 8.26. The predicted octanol–water partition coefficient (Wildman–Crippen LogP) is 3.69. The van der Waals surface area contributed by atoms with E-state index in [0.29, 0.717) is 48.0 Å². The summed E-state index contributed by atoms with van der Waals surface area (Å²) in [5.41, 5.74) is 0.314. The number of rotatable bonds is 3. The van der Waals surface area contributed by atoms with E-state index in [2.05, 4.69) is 0 Å². The first kappa shape index (κ1) is 22.2. The molecule has 29 heavy (non-hydrogen) atoms. The van der Waals surface area contributed by atoms with Crippen molar-refractivity contribution >= 4 is 35.0 Å². The van der Waals surface area contributed by atoms with Gasteiger partial charge in [-0.3, -0.25) is 14.5 Å². The number of hydrogen-bond donors (Lipinski definition) is 0. The third-order valence-corrected chi connectivity index (χ3v) is 5.65. The van der Waals surface area contributed by atoms with Gasteiger partial charge in [-0.15, -0.1) is 0 Å². The molecule has 0 aromatic heterocycles. The monoisotopic (exact) mass is 451 g/mol. The van der Waals surface area contributed by atoms with Gasteiger partial charge in [-0.05, 0) is 37.5 Å². The van der Waals surface area contributed by atoms with E-state index >= 15 is 0 Å². The van der Waals surface area contributed by atoms with Gasteiger partial charge < -0.3 is 9.80 Å². The van der Waals surface area contributed by atoms with Crippen molar-refractivity contribution in [3.63, 3.8) is 0 Å². The minimum atomic E-state index is -4.26. The van der Waals surface area contributed by atoms with Crippen LogP contribution in [0.5, 0.6) is 0 Å². The van der Waals surface area contributed by atoms with Crippen LogP contribution in [0.2, 0.25) is 10.0 Å². The SMILES string of the molecule is O=C(C1CCCN1C(=O)c1cc(Cl)cc(Cl)c1)N1CCCN(CC(F)(F)F)CC1. The van der Waals surface area contributed by atoms with Crippen molar-refractivity contribution in [3.8, 4) is 0 Å². The lowest BCUT2D eigenvalue weighted by Crippen LogP contribution is -2.49. The van der Waals surface area contributed by atoms with Gasteiger partial charge in [0.1, 0.15) is 6.04 Å². The Morgan fingerprint density at radius 2 is 1.66 bits per heavy atom. The van der Waals surface area contributed by atoms with E-state index in [0.717, 1.165) is 0 Å². The average Bonchev–Trinajstić information content (AvgIpc) is 2.99. The molecule has 2 fully saturated rings. The Bertz CT molecular complexity index is 755. The maximum Gasteiger partial charge on any atom is 0.401 e. The maximum absolute atomic E-state index is 13.1. The first-order valence-electron chi connectivity index (χ1n) is 9.49. The van der Waals surface area contributed by atoms with Gasteiger partial charge in [-0.1, -0.05) is 23.2 Å². The van der Waals surface area contributed by atoms with Crippen LogP contribution in [0.25, 0.3) is 0 Å². The summed E-state index contributed by atoms with van der Waals surface area (Å²) in [6.45, 7) is 0.518. The van der Waals surface area contributed by atoms with E-state index in [-0.39, 0.29) is 31.4 Å². The van der Waals surface area contributed by atoms with Crippen LogP contribution in [-0.4, -0.2) is 78.0 Å². The Balaban J connectivity index is 1.67. The van der Waals surface area contributed by atoms with Crippen LogP contribution in [0.15, 0.2) is 18.2 Å². The molecule has 1 atom stereocenters. The van der Waals surface area contributed by atoms with Crippen molar-refractivity contribution in [2.75, 3.05) is 39.3 Å². The standard InChI is InChI=1S/C19H22Cl2F3N3O2/c20-14-9-13(10-15(21)11-14)17(28)27-6-1-3-16(27)18(29)26-5-2-4-25(7-8-26)12-19(22,23)24/h9-11,16H,1-8,12H2. The molecule has 2 saturated heterocycles. The van der Waals surface area contributed by atoms with Gasteiger partial charge in [-0.2, -0.15) is 13.2 Å². The van der Waals surface area contributed by atoms with E-state index in [1.54, 1.807) is 4.90 Å². The Morgan fingerprint density at radius 3 is 2.31 bits per heavy atom. The summed E-state index contributed by atoms with van der Waals surface area (Å²) in [7, 11) is 0. The molecule has 0 N–H and O–H groups in total. The number of alkyl halides is 3. The zero-order valence-electron chi connectivity index (χ0n) is 15.7. The minimum Gasteiger partial charge on any atom is -0.340 e. The number of nitrogens with zero attached hydrogens (tertiary/aromatic N) is 3. The lowest BCUT2D eigenvalue weighted by atomic mass is 10.1. The summed E-state index contributed by atoms with van der Waals surface area (Å²) < 4.78 is 37.9. The molecular weight excluding hydrogens is 430 g/mol. The summed E-state index contributed by atoms with van der Waals surface area (Å²) in [6.07, 6.45) is -2.58. The lowest BCUT2D eigenvalue weighted by molar-refractivity contribution is -0.145. The van der Waals surface area contributed by atoms with Crippen molar-refractivity contribution in [2.24, 2.45) is 0 Å². The highest BCUT2D eigenvalue weighted by Crippen LogP contribution is 2.26. The Labute approximate surface area is 177 Å². The molecule has 1 aromatic rings. The Kier molecular flexibility index (Phi) is 6.96. The van der Waals surface area contributed by atoms with Crippen molar-refractivity contribution < 1.29 is 22.8 Å². The van der Waals surface area contributed by atoms with E-state index in [1.165, 1.54) is 28.0 Å². The molecule has 10 heteroatoms. The van der Waals surface area contributed by atoms with E-state index in [1.807, 2.05) is 0 Å². The number of hydrogen-bond acceptors (Lipinski definition) is 3. The normalized spacial score (nSPS) is 21.3. The number of benzene rings is 1. The number of likely N-dealkylation sites (tertiary alicyclic amines) is 1. The first-order valence-corrected chi connectivity index (χ1v) is 10.2. The van der Waals surface area contributed by atoms with E-state index in [4.69, 9.17) is 23.2 Å². The quantitative estimate of drug-likeness (QED) is 0.703. The van der Waals surface area contributed by atoms with E-state index < -0.39 is 18.8 Å². The molecule has 2 aliphatic rings. The molecule has 2 amide bonds.